The molecule has 0 aliphatic carbocycles. The molecule has 0 saturated heterocycles. The van der Waals surface area contributed by atoms with Gasteiger partial charge in [0.2, 0.25) is 0 Å². The predicted octanol–water partition coefficient (Wildman–Crippen LogP) is 2.91. The summed E-state index contributed by atoms with van der Waals surface area (Å²) in [6.45, 7) is 3.18. The number of nitrogens with zero attached hydrogens (tertiary/aromatic N) is 4. The van der Waals surface area contributed by atoms with Gasteiger partial charge in [0.1, 0.15) is 11.9 Å². The van der Waals surface area contributed by atoms with Crippen molar-refractivity contribution >= 4 is 23.2 Å². The van der Waals surface area contributed by atoms with E-state index in [1.165, 1.54) is 0 Å². The van der Waals surface area contributed by atoms with Gasteiger partial charge < -0.3 is 15.4 Å². The fraction of sp³-hybridized carbons (Fsp3) is 0.316. The Morgan fingerprint density at radius 2 is 2.00 bits per heavy atom. The van der Waals surface area contributed by atoms with Crippen molar-refractivity contribution in [3.63, 3.8) is 0 Å². The summed E-state index contributed by atoms with van der Waals surface area (Å²) in [4.78, 5) is 4.25. The standard InChI is InChI=1S/C19H23ClN6O/c1-3-14(27-16-9-5-4-8-15(16)20)12-22-19(21-2)23-13-18-25-24-17-10-6-7-11-26(17)18/h4-11,14H,3,12-13H2,1-2H3,(H2,21,22,23). The summed E-state index contributed by atoms with van der Waals surface area (Å²) >= 11 is 6.17. The van der Waals surface area contributed by atoms with Gasteiger partial charge in [0.25, 0.3) is 0 Å². The van der Waals surface area contributed by atoms with E-state index in [0.717, 1.165) is 17.9 Å². The summed E-state index contributed by atoms with van der Waals surface area (Å²) in [6.07, 6.45) is 2.74. The smallest absolute Gasteiger partial charge is 0.191 e. The maximum atomic E-state index is 6.17. The Kier molecular flexibility index (Phi) is 6.49. The van der Waals surface area contributed by atoms with Crippen molar-refractivity contribution in [3.8, 4) is 5.75 Å². The third-order valence-electron chi connectivity index (χ3n) is 4.10. The van der Waals surface area contributed by atoms with Crippen LogP contribution in [-0.2, 0) is 6.54 Å². The van der Waals surface area contributed by atoms with Gasteiger partial charge in [-0.3, -0.25) is 9.39 Å². The Bertz CT molecular complexity index is 910. The van der Waals surface area contributed by atoms with Crippen LogP contribution in [0.1, 0.15) is 19.2 Å². The molecule has 0 aliphatic rings. The van der Waals surface area contributed by atoms with E-state index in [1.807, 2.05) is 53.1 Å². The van der Waals surface area contributed by atoms with Crippen LogP contribution in [0.4, 0.5) is 0 Å². The van der Waals surface area contributed by atoms with Crippen LogP contribution in [-0.4, -0.2) is 40.3 Å². The highest BCUT2D eigenvalue weighted by Crippen LogP contribution is 2.24. The van der Waals surface area contributed by atoms with E-state index >= 15 is 0 Å². The van der Waals surface area contributed by atoms with Gasteiger partial charge in [-0.1, -0.05) is 36.7 Å². The lowest BCUT2D eigenvalue weighted by molar-refractivity contribution is 0.199. The second kappa shape index (κ2) is 9.23. The second-order valence-corrected chi connectivity index (χ2v) is 6.34. The Labute approximate surface area is 163 Å². The van der Waals surface area contributed by atoms with E-state index in [4.69, 9.17) is 16.3 Å². The molecule has 2 aromatic heterocycles. The largest absolute Gasteiger partial charge is 0.487 e. The van der Waals surface area contributed by atoms with Crippen LogP contribution in [0.3, 0.4) is 0 Å². The highest BCUT2D eigenvalue weighted by Gasteiger charge is 2.12. The molecule has 27 heavy (non-hydrogen) atoms. The average Bonchev–Trinajstić information content (AvgIpc) is 3.11. The number of pyridine rings is 1. The Balaban J connectivity index is 1.54. The molecule has 8 heteroatoms. The number of halogens is 1. The van der Waals surface area contributed by atoms with Crippen molar-refractivity contribution in [3.05, 3.63) is 59.5 Å². The number of benzene rings is 1. The monoisotopic (exact) mass is 386 g/mol. The molecule has 2 N–H and O–H groups in total. The van der Waals surface area contributed by atoms with Gasteiger partial charge in [0.05, 0.1) is 18.1 Å². The topological polar surface area (TPSA) is 75.8 Å². The van der Waals surface area contributed by atoms with Gasteiger partial charge in [0.15, 0.2) is 17.4 Å². The summed E-state index contributed by atoms with van der Waals surface area (Å²) in [6, 6.07) is 13.3. The van der Waals surface area contributed by atoms with Gasteiger partial charge in [0, 0.05) is 13.2 Å². The van der Waals surface area contributed by atoms with Crippen molar-refractivity contribution in [1.82, 2.24) is 25.2 Å². The third-order valence-corrected chi connectivity index (χ3v) is 4.42. The van der Waals surface area contributed by atoms with Crippen molar-refractivity contribution in [1.29, 1.82) is 0 Å². The van der Waals surface area contributed by atoms with Gasteiger partial charge in [-0.05, 0) is 30.7 Å². The van der Waals surface area contributed by atoms with Crippen LogP contribution in [0.15, 0.2) is 53.7 Å². The zero-order valence-electron chi connectivity index (χ0n) is 15.4. The first-order valence-corrected chi connectivity index (χ1v) is 9.23. The Morgan fingerprint density at radius 3 is 2.78 bits per heavy atom. The summed E-state index contributed by atoms with van der Waals surface area (Å²) in [5.74, 6) is 2.17. The number of ether oxygens (including phenoxy) is 1. The minimum absolute atomic E-state index is 0.0302. The summed E-state index contributed by atoms with van der Waals surface area (Å²) in [7, 11) is 1.73. The molecule has 0 saturated carbocycles. The average molecular weight is 387 g/mol. The fourth-order valence-electron chi connectivity index (χ4n) is 2.59. The normalized spacial score (nSPS) is 12.8. The molecule has 3 rings (SSSR count). The Hall–Kier alpha value is -2.80. The first-order valence-electron chi connectivity index (χ1n) is 8.85. The van der Waals surface area contributed by atoms with E-state index in [1.54, 1.807) is 7.05 Å². The maximum absolute atomic E-state index is 6.17. The van der Waals surface area contributed by atoms with E-state index in [0.29, 0.717) is 29.8 Å². The first-order chi connectivity index (χ1) is 13.2. The molecule has 0 spiro atoms. The second-order valence-electron chi connectivity index (χ2n) is 5.93. The quantitative estimate of drug-likeness (QED) is 0.482. The molecule has 2 heterocycles. The Morgan fingerprint density at radius 1 is 1.19 bits per heavy atom. The lowest BCUT2D eigenvalue weighted by Crippen LogP contribution is -2.42. The van der Waals surface area contributed by atoms with Crippen molar-refractivity contribution in [2.24, 2.45) is 4.99 Å². The number of hydrogen-bond donors (Lipinski definition) is 2. The SMILES string of the molecule is CCC(CNC(=NC)NCc1nnc2ccccn12)Oc1ccccc1Cl. The van der Waals surface area contributed by atoms with Crippen molar-refractivity contribution in [2.45, 2.75) is 26.0 Å². The van der Waals surface area contributed by atoms with Crippen LogP contribution in [0, 0.1) is 0 Å². The van der Waals surface area contributed by atoms with Crippen LogP contribution in [0.2, 0.25) is 5.02 Å². The zero-order valence-corrected chi connectivity index (χ0v) is 16.1. The van der Waals surface area contributed by atoms with E-state index in [2.05, 4.69) is 32.7 Å². The molecule has 7 nitrogen and oxygen atoms in total. The molecule has 1 unspecified atom stereocenters. The third kappa shape index (κ3) is 4.89. The first kappa shape index (κ1) is 19.0. The number of hydrogen-bond acceptors (Lipinski definition) is 4. The van der Waals surface area contributed by atoms with E-state index < -0.39 is 0 Å². The molecule has 142 valence electrons. The van der Waals surface area contributed by atoms with Crippen LogP contribution in [0.25, 0.3) is 5.65 Å². The molecule has 0 bridgehead atoms. The molecule has 1 aromatic carbocycles. The van der Waals surface area contributed by atoms with Crippen LogP contribution in [0.5, 0.6) is 5.75 Å². The van der Waals surface area contributed by atoms with Gasteiger partial charge in [-0.25, -0.2) is 0 Å². The predicted molar refractivity (Wildman–Crippen MR) is 107 cm³/mol. The van der Waals surface area contributed by atoms with Gasteiger partial charge >= 0.3 is 0 Å². The number of aliphatic imine (C=N–C) groups is 1. The molecule has 0 fully saturated rings. The summed E-state index contributed by atoms with van der Waals surface area (Å²) in [5.41, 5.74) is 0.816. The molecule has 3 aromatic rings. The molecule has 0 amide bonds. The minimum atomic E-state index is -0.0302. The summed E-state index contributed by atoms with van der Waals surface area (Å²) in [5, 5.41) is 15.5. The molecule has 0 radical (unpaired) electrons. The fourth-order valence-corrected chi connectivity index (χ4v) is 2.77. The van der Waals surface area contributed by atoms with Crippen molar-refractivity contribution in [2.75, 3.05) is 13.6 Å². The number of para-hydroxylation sites is 1. The maximum Gasteiger partial charge on any atom is 0.191 e. The summed E-state index contributed by atoms with van der Waals surface area (Å²) < 4.78 is 7.93. The molecule has 0 aliphatic heterocycles. The zero-order chi connectivity index (χ0) is 19.1. The number of rotatable bonds is 7. The molecular weight excluding hydrogens is 364 g/mol. The number of guanidine groups is 1. The van der Waals surface area contributed by atoms with E-state index in [-0.39, 0.29) is 6.10 Å². The van der Waals surface area contributed by atoms with E-state index in [9.17, 15) is 0 Å². The highest BCUT2D eigenvalue weighted by atomic mass is 35.5. The van der Waals surface area contributed by atoms with Gasteiger partial charge in [-0.15, -0.1) is 10.2 Å². The lowest BCUT2D eigenvalue weighted by atomic mass is 10.2. The molecule has 1 atom stereocenters. The highest BCUT2D eigenvalue weighted by molar-refractivity contribution is 6.32. The number of fused-ring (bicyclic) bond motifs is 1. The number of nitrogens with one attached hydrogen (secondary N) is 2. The number of aromatic nitrogens is 3. The minimum Gasteiger partial charge on any atom is -0.487 e. The van der Waals surface area contributed by atoms with Crippen molar-refractivity contribution < 1.29 is 4.74 Å². The van der Waals surface area contributed by atoms with Crippen LogP contribution < -0.4 is 15.4 Å². The lowest BCUT2D eigenvalue weighted by Gasteiger charge is -2.20. The van der Waals surface area contributed by atoms with Crippen LogP contribution >= 0.6 is 11.6 Å². The van der Waals surface area contributed by atoms with Gasteiger partial charge in [-0.2, -0.15) is 0 Å². The molecular formula is C19H23ClN6O.